The number of hydrogen-bond acceptors (Lipinski definition) is 6. The minimum Gasteiger partial charge on any atom is -0.468 e. The molecular weight excluding hydrogens is 184 g/mol. The third-order valence-corrected chi connectivity index (χ3v) is 1.43. The first-order valence-electron chi connectivity index (χ1n) is 3.79. The average molecular weight is 192 g/mol. The molecule has 0 saturated carbocycles. The van der Waals surface area contributed by atoms with Crippen molar-refractivity contribution in [2.75, 3.05) is 19.0 Å². The molecule has 1 heterocycles. The van der Waals surface area contributed by atoms with Gasteiger partial charge in [-0.05, 0) is 0 Å². The number of ether oxygens (including phenoxy) is 1. The van der Waals surface area contributed by atoms with Gasteiger partial charge in [0.1, 0.15) is 12.6 Å². The van der Waals surface area contributed by atoms with Crippen LogP contribution in [0.25, 0.3) is 0 Å². The van der Waals surface area contributed by atoms with E-state index in [1.807, 2.05) is 6.07 Å². The van der Waals surface area contributed by atoms with Gasteiger partial charge in [-0.15, -0.1) is 0 Å². The molecule has 0 spiro atoms. The van der Waals surface area contributed by atoms with Crippen molar-refractivity contribution < 1.29 is 9.53 Å². The van der Waals surface area contributed by atoms with Gasteiger partial charge in [0.15, 0.2) is 11.5 Å². The minimum atomic E-state index is -0.431. The van der Waals surface area contributed by atoms with Crippen LogP contribution < -0.4 is 5.32 Å². The Morgan fingerprint density at radius 1 is 1.64 bits per heavy atom. The molecule has 0 aliphatic carbocycles. The van der Waals surface area contributed by atoms with Gasteiger partial charge in [0.2, 0.25) is 0 Å². The lowest BCUT2D eigenvalue weighted by Crippen LogP contribution is -2.16. The summed E-state index contributed by atoms with van der Waals surface area (Å²) in [6.45, 7) is -0.0378. The van der Waals surface area contributed by atoms with E-state index in [0.29, 0.717) is 0 Å². The number of carbonyl (C=O) groups excluding carboxylic acids is 1. The lowest BCUT2D eigenvalue weighted by Gasteiger charge is -2.03. The molecule has 6 nitrogen and oxygen atoms in total. The van der Waals surface area contributed by atoms with Crippen molar-refractivity contribution >= 4 is 11.8 Å². The molecule has 0 aromatic carbocycles. The van der Waals surface area contributed by atoms with Gasteiger partial charge in [0.05, 0.1) is 7.11 Å². The fourth-order valence-electron chi connectivity index (χ4n) is 0.777. The standard InChI is InChI=1S/C8H8N4O2/c1-14-7(13)5-12-8-6(4-9)10-2-3-11-8/h2-3H,5H2,1H3,(H,11,12). The van der Waals surface area contributed by atoms with Crippen molar-refractivity contribution in [2.45, 2.75) is 0 Å². The number of hydrogen-bond donors (Lipinski definition) is 1. The Kier molecular flexibility index (Phi) is 3.38. The zero-order chi connectivity index (χ0) is 10.4. The fraction of sp³-hybridized carbons (Fsp3) is 0.250. The second-order valence-electron chi connectivity index (χ2n) is 2.30. The first-order valence-corrected chi connectivity index (χ1v) is 3.79. The monoisotopic (exact) mass is 192 g/mol. The van der Waals surface area contributed by atoms with Crippen molar-refractivity contribution in [2.24, 2.45) is 0 Å². The third kappa shape index (κ3) is 2.42. The molecule has 0 atom stereocenters. The van der Waals surface area contributed by atoms with Crippen LogP contribution in [0.2, 0.25) is 0 Å². The van der Waals surface area contributed by atoms with Gasteiger partial charge in [-0.2, -0.15) is 5.26 Å². The van der Waals surface area contributed by atoms with Crippen molar-refractivity contribution in [1.29, 1.82) is 5.26 Å². The molecule has 72 valence electrons. The summed E-state index contributed by atoms with van der Waals surface area (Å²) < 4.78 is 4.41. The van der Waals surface area contributed by atoms with Gasteiger partial charge in [-0.25, -0.2) is 9.97 Å². The minimum absolute atomic E-state index is 0.0378. The normalized spacial score (nSPS) is 8.86. The number of methoxy groups -OCH3 is 1. The molecule has 0 radical (unpaired) electrons. The van der Waals surface area contributed by atoms with Gasteiger partial charge < -0.3 is 10.1 Å². The molecule has 1 rings (SSSR count). The van der Waals surface area contributed by atoms with Crippen LogP contribution >= 0.6 is 0 Å². The Bertz CT molecular complexity index is 372. The van der Waals surface area contributed by atoms with Gasteiger partial charge in [0.25, 0.3) is 0 Å². The van der Waals surface area contributed by atoms with Crippen molar-refractivity contribution in [1.82, 2.24) is 9.97 Å². The first kappa shape index (κ1) is 9.92. The Morgan fingerprint density at radius 2 is 2.36 bits per heavy atom. The maximum absolute atomic E-state index is 10.8. The molecule has 0 saturated heterocycles. The van der Waals surface area contributed by atoms with Crippen molar-refractivity contribution in [3.05, 3.63) is 18.1 Å². The summed E-state index contributed by atoms with van der Waals surface area (Å²) in [5, 5.41) is 11.3. The molecule has 0 amide bonds. The van der Waals surface area contributed by atoms with E-state index in [4.69, 9.17) is 5.26 Å². The molecule has 0 aliphatic heterocycles. The molecule has 1 aromatic rings. The number of nitrogens with one attached hydrogen (secondary N) is 1. The Hall–Kier alpha value is -2.16. The summed E-state index contributed by atoms with van der Waals surface area (Å²) in [5.41, 5.74) is 0.149. The highest BCUT2D eigenvalue weighted by Crippen LogP contribution is 2.05. The molecule has 0 unspecified atom stereocenters. The summed E-state index contributed by atoms with van der Waals surface area (Å²) in [6.07, 6.45) is 2.84. The Morgan fingerprint density at radius 3 is 3.00 bits per heavy atom. The van der Waals surface area contributed by atoms with Gasteiger partial charge >= 0.3 is 5.97 Å². The number of rotatable bonds is 3. The maximum atomic E-state index is 10.8. The topological polar surface area (TPSA) is 87.9 Å². The molecule has 0 fully saturated rings. The highest BCUT2D eigenvalue weighted by Gasteiger charge is 2.05. The van der Waals surface area contributed by atoms with Crippen LogP contribution in [0.5, 0.6) is 0 Å². The van der Waals surface area contributed by atoms with Crippen LogP contribution in [-0.4, -0.2) is 29.6 Å². The number of nitriles is 1. The van der Waals surface area contributed by atoms with E-state index >= 15 is 0 Å². The van der Waals surface area contributed by atoms with Gasteiger partial charge in [-0.1, -0.05) is 0 Å². The Balaban J connectivity index is 2.68. The fourth-order valence-corrected chi connectivity index (χ4v) is 0.777. The summed E-state index contributed by atoms with van der Waals surface area (Å²) in [6, 6.07) is 1.85. The number of aromatic nitrogens is 2. The second-order valence-corrected chi connectivity index (χ2v) is 2.30. The van der Waals surface area contributed by atoms with Gasteiger partial charge in [-0.3, -0.25) is 4.79 Å². The van der Waals surface area contributed by atoms with E-state index in [-0.39, 0.29) is 18.1 Å². The zero-order valence-corrected chi connectivity index (χ0v) is 7.52. The van der Waals surface area contributed by atoms with E-state index in [1.54, 1.807) is 0 Å². The molecule has 6 heteroatoms. The summed E-state index contributed by atoms with van der Waals surface area (Å²) in [5.74, 6) is -0.153. The van der Waals surface area contributed by atoms with E-state index in [1.165, 1.54) is 19.5 Å². The second kappa shape index (κ2) is 4.77. The molecule has 0 bridgehead atoms. The molecular formula is C8H8N4O2. The van der Waals surface area contributed by atoms with Crippen LogP contribution in [0, 0.1) is 11.3 Å². The van der Waals surface area contributed by atoms with E-state index < -0.39 is 5.97 Å². The predicted molar refractivity (Wildman–Crippen MR) is 47.3 cm³/mol. The first-order chi connectivity index (χ1) is 6.77. The van der Waals surface area contributed by atoms with Crippen LogP contribution in [0.1, 0.15) is 5.69 Å². The van der Waals surface area contributed by atoms with Crippen LogP contribution in [0.15, 0.2) is 12.4 Å². The highest BCUT2D eigenvalue weighted by atomic mass is 16.5. The largest absolute Gasteiger partial charge is 0.468 e. The maximum Gasteiger partial charge on any atom is 0.325 e. The van der Waals surface area contributed by atoms with Crippen LogP contribution in [0.4, 0.5) is 5.82 Å². The zero-order valence-electron chi connectivity index (χ0n) is 7.52. The Labute approximate surface area is 80.5 Å². The molecule has 1 N–H and O–H groups in total. The summed E-state index contributed by atoms with van der Waals surface area (Å²) >= 11 is 0. The SMILES string of the molecule is COC(=O)CNc1nccnc1C#N. The van der Waals surface area contributed by atoms with Crippen molar-refractivity contribution in [3.63, 3.8) is 0 Å². The van der Waals surface area contributed by atoms with E-state index in [2.05, 4.69) is 20.0 Å². The lowest BCUT2D eigenvalue weighted by molar-refractivity contribution is -0.138. The number of carbonyl (C=O) groups is 1. The quantitative estimate of drug-likeness (QED) is 0.674. The highest BCUT2D eigenvalue weighted by molar-refractivity contribution is 5.74. The average Bonchev–Trinajstić information content (AvgIpc) is 2.26. The van der Waals surface area contributed by atoms with Gasteiger partial charge in [0, 0.05) is 12.4 Å². The predicted octanol–water partition coefficient (Wildman–Crippen LogP) is -0.0668. The number of nitrogens with zero attached hydrogens (tertiary/aromatic N) is 3. The smallest absolute Gasteiger partial charge is 0.325 e. The molecule has 1 aromatic heterocycles. The summed E-state index contributed by atoms with van der Waals surface area (Å²) in [7, 11) is 1.28. The van der Waals surface area contributed by atoms with Crippen LogP contribution in [-0.2, 0) is 9.53 Å². The van der Waals surface area contributed by atoms with E-state index in [0.717, 1.165) is 0 Å². The van der Waals surface area contributed by atoms with Crippen molar-refractivity contribution in [3.8, 4) is 6.07 Å². The van der Waals surface area contributed by atoms with E-state index in [9.17, 15) is 4.79 Å². The molecule has 14 heavy (non-hydrogen) atoms. The summed E-state index contributed by atoms with van der Waals surface area (Å²) in [4.78, 5) is 18.4. The number of anilines is 1. The lowest BCUT2D eigenvalue weighted by atomic mass is 10.4. The van der Waals surface area contributed by atoms with Crippen LogP contribution in [0.3, 0.4) is 0 Å². The third-order valence-electron chi connectivity index (χ3n) is 1.43. The number of esters is 1. The molecule has 0 aliphatic rings.